The number of thioether (sulfide) groups is 1. The summed E-state index contributed by atoms with van der Waals surface area (Å²) in [5, 5.41) is 17.6. The number of carboxylic acid groups (broad SMARTS) is 1. The lowest BCUT2D eigenvalue weighted by Crippen LogP contribution is -2.71. The second-order valence-electron chi connectivity index (χ2n) is 6.41. The summed E-state index contributed by atoms with van der Waals surface area (Å²) in [5.74, 6) is -2.16. The number of oxime groups is 1. The number of hydrogen-bond acceptors (Lipinski definition) is 9. The maximum Gasteiger partial charge on any atom is 0.407 e. The molecular formula is C18H19ClN4O8S. The maximum absolute atomic E-state index is 12.7. The van der Waals surface area contributed by atoms with Crippen LogP contribution in [0.4, 0.5) is 4.79 Å². The molecule has 172 valence electrons. The highest BCUT2D eigenvalue weighted by Gasteiger charge is 2.54. The summed E-state index contributed by atoms with van der Waals surface area (Å²) < 4.78 is 10.2. The predicted molar refractivity (Wildman–Crippen MR) is 112 cm³/mol. The van der Waals surface area contributed by atoms with Gasteiger partial charge in [0.2, 0.25) is 5.71 Å². The van der Waals surface area contributed by atoms with E-state index >= 15 is 0 Å². The van der Waals surface area contributed by atoms with E-state index in [0.717, 1.165) is 4.90 Å². The van der Waals surface area contributed by atoms with Crippen LogP contribution in [0.3, 0.4) is 0 Å². The van der Waals surface area contributed by atoms with Crippen LogP contribution in [0.25, 0.3) is 0 Å². The van der Waals surface area contributed by atoms with Gasteiger partial charge in [-0.1, -0.05) is 5.16 Å². The van der Waals surface area contributed by atoms with Crippen LogP contribution < -0.4 is 10.6 Å². The van der Waals surface area contributed by atoms with Crippen molar-refractivity contribution in [2.45, 2.75) is 11.4 Å². The number of alkyl carbamates (subject to hydrolysis) is 1. The molecule has 3 amide bonds. The number of nitrogens with zero attached hydrogens (tertiary/aromatic N) is 2. The number of carbonyl (C=O) groups excluding carboxylic acids is 3. The number of fused-ring (bicyclic) bond motifs is 1. The molecule has 2 aliphatic rings. The topological polar surface area (TPSA) is 160 Å². The molecule has 0 radical (unpaired) electrons. The van der Waals surface area contributed by atoms with Gasteiger partial charge in [-0.2, -0.15) is 0 Å². The number of furan rings is 1. The van der Waals surface area contributed by atoms with Crippen LogP contribution in [0, 0.1) is 0 Å². The molecule has 1 aromatic heterocycles. The fourth-order valence-corrected chi connectivity index (χ4v) is 4.48. The van der Waals surface area contributed by atoms with E-state index in [1.165, 1.54) is 31.2 Å². The molecule has 0 unspecified atom stereocenters. The van der Waals surface area contributed by atoms with Crippen LogP contribution in [0.1, 0.15) is 5.76 Å². The Morgan fingerprint density at radius 1 is 1.44 bits per heavy atom. The number of aliphatic carboxylic acids is 1. The van der Waals surface area contributed by atoms with E-state index < -0.39 is 35.3 Å². The minimum Gasteiger partial charge on any atom is -0.477 e. The number of rotatable bonds is 9. The normalized spacial score (nSPS) is 20.2. The van der Waals surface area contributed by atoms with Crippen LogP contribution in [0.15, 0.2) is 39.2 Å². The first-order valence-corrected chi connectivity index (χ1v) is 10.8. The number of amides is 3. The van der Waals surface area contributed by atoms with Crippen molar-refractivity contribution in [3.05, 3.63) is 35.4 Å². The third kappa shape index (κ3) is 4.83. The van der Waals surface area contributed by atoms with Gasteiger partial charge >= 0.3 is 12.1 Å². The van der Waals surface area contributed by atoms with Gasteiger partial charge in [0.25, 0.3) is 11.8 Å². The van der Waals surface area contributed by atoms with Crippen molar-refractivity contribution in [3.8, 4) is 0 Å². The SMILES string of the molecule is CO/N=C(\C(=O)N[C@@H]1C(=O)N2C(C(=O)O)=C(COC(=O)NCCCl)CS[C@H]12)c1ccco1. The lowest BCUT2D eigenvalue weighted by Gasteiger charge is -2.49. The van der Waals surface area contributed by atoms with Crippen molar-refractivity contribution >= 4 is 53.0 Å². The Morgan fingerprint density at radius 3 is 2.84 bits per heavy atom. The monoisotopic (exact) mass is 486 g/mol. The Morgan fingerprint density at radius 2 is 2.22 bits per heavy atom. The molecule has 14 heteroatoms. The largest absolute Gasteiger partial charge is 0.477 e. The summed E-state index contributed by atoms with van der Waals surface area (Å²) in [6.45, 7) is -0.111. The highest BCUT2D eigenvalue weighted by Crippen LogP contribution is 2.40. The summed E-state index contributed by atoms with van der Waals surface area (Å²) >= 11 is 6.71. The van der Waals surface area contributed by atoms with E-state index in [1.54, 1.807) is 6.07 Å². The van der Waals surface area contributed by atoms with Crippen molar-refractivity contribution in [2.75, 3.05) is 31.9 Å². The molecule has 0 bridgehead atoms. The molecule has 0 aliphatic carbocycles. The molecule has 3 heterocycles. The number of β-lactam (4-membered cyclic amide) rings is 1. The second-order valence-corrected chi connectivity index (χ2v) is 7.89. The van der Waals surface area contributed by atoms with E-state index in [9.17, 15) is 24.3 Å². The average Bonchev–Trinajstić information content (AvgIpc) is 3.31. The zero-order chi connectivity index (χ0) is 23.3. The average molecular weight is 487 g/mol. The smallest absolute Gasteiger partial charge is 0.407 e. The zero-order valence-electron chi connectivity index (χ0n) is 16.7. The van der Waals surface area contributed by atoms with Crippen molar-refractivity contribution in [1.29, 1.82) is 0 Å². The molecule has 0 saturated carbocycles. The van der Waals surface area contributed by atoms with Gasteiger partial charge in [-0.25, -0.2) is 9.59 Å². The van der Waals surface area contributed by atoms with Gasteiger partial charge in [0, 0.05) is 23.8 Å². The number of nitrogens with one attached hydrogen (secondary N) is 2. The molecule has 2 atom stereocenters. The quantitative estimate of drug-likeness (QED) is 0.193. The van der Waals surface area contributed by atoms with Crippen molar-refractivity contribution < 1.29 is 38.3 Å². The predicted octanol–water partition coefficient (Wildman–Crippen LogP) is 0.334. The minimum absolute atomic E-state index is 0.141. The number of alkyl halides is 1. The molecule has 0 aromatic carbocycles. The van der Waals surface area contributed by atoms with Crippen molar-refractivity contribution in [2.24, 2.45) is 5.16 Å². The molecule has 0 spiro atoms. The molecule has 1 fully saturated rings. The molecule has 1 saturated heterocycles. The number of carboxylic acids is 1. The number of hydrogen-bond donors (Lipinski definition) is 3. The molecular weight excluding hydrogens is 468 g/mol. The first-order chi connectivity index (χ1) is 15.4. The fourth-order valence-electron chi connectivity index (χ4n) is 3.06. The number of ether oxygens (including phenoxy) is 1. The van der Waals surface area contributed by atoms with E-state index in [2.05, 4.69) is 20.6 Å². The highest BCUT2D eigenvalue weighted by molar-refractivity contribution is 8.00. The van der Waals surface area contributed by atoms with Gasteiger partial charge in [-0.15, -0.1) is 23.4 Å². The second kappa shape index (κ2) is 10.4. The first-order valence-electron chi connectivity index (χ1n) is 9.21. The number of halogens is 1. The summed E-state index contributed by atoms with van der Waals surface area (Å²) in [6, 6.07) is 2.08. The Balaban J connectivity index is 1.70. The molecule has 1 aromatic rings. The summed E-state index contributed by atoms with van der Waals surface area (Å²) in [6.07, 6.45) is 0.600. The lowest BCUT2D eigenvalue weighted by molar-refractivity contribution is -0.150. The van der Waals surface area contributed by atoms with Gasteiger partial charge in [-0.05, 0) is 12.1 Å². The fraction of sp³-hybridized carbons (Fsp3) is 0.389. The highest BCUT2D eigenvalue weighted by atomic mass is 35.5. The van der Waals surface area contributed by atoms with Crippen LogP contribution in [0.2, 0.25) is 0 Å². The third-order valence-electron chi connectivity index (χ3n) is 4.43. The van der Waals surface area contributed by atoms with Crippen molar-refractivity contribution in [1.82, 2.24) is 15.5 Å². The van der Waals surface area contributed by atoms with Gasteiger partial charge in [0.1, 0.15) is 30.8 Å². The van der Waals surface area contributed by atoms with Crippen molar-refractivity contribution in [3.63, 3.8) is 0 Å². The van der Waals surface area contributed by atoms with Crippen LogP contribution in [-0.4, -0.2) is 82.9 Å². The van der Waals surface area contributed by atoms with E-state index in [0.29, 0.717) is 0 Å². The Bertz CT molecular complexity index is 964. The molecule has 2 aliphatic heterocycles. The maximum atomic E-state index is 12.7. The summed E-state index contributed by atoms with van der Waals surface area (Å²) in [4.78, 5) is 54.5. The van der Waals surface area contributed by atoms with Crippen LogP contribution in [-0.2, 0) is 24.0 Å². The van der Waals surface area contributed by atoms with Crippen LogP contribution >= 0.6 is 23.4 Å². The van der Waals surface area contributed by atoms with E-state index in [-0.39, 0.29) is 47.5 Å². The Kier molecular flexibility index (Phi) is 7.64. The van der Waals surface area contributed by atoms with Gasteiger partial charge in [-0.3, -0.25) is 14.5 Å². The molecule has 32 heavy (non-hydrogen) atoms. The van der Waals surface area contributed by atoms with Gasteiger partial charge < -0.3 is 29.7 Å². The zero-order valence-corrected chi connectivity index (χ0v) is 18.3. The first kappa shape index (κ1) is 23.5. The van der Waals surface area contributed by atoms with Crippen LogP contribution in [0.5, 0.6) is 0 Å². The number of carbonyl (C=O) groups is 4. The van der Waals surface area contributed by atoms with E-state index in [1.807, 2.05) is 0 Å². The lowest BCUT2D eigenvalue weighted by atomic mass is 10.0. The molecule has 12 nitrogen and oxygen atoms in total. The Labute approximate surface area is 190 Å². The summed E-state index contributed by atoms with van der Waals surface area (Å²) in [7, 11) is 1.26. The summed E-state index contributed by atoms with van der Waals surface area (Å²) in [5.41, 5.74) is -0.183. The van der Waals surface area contributed by atoms with Gasteiger partial charge in [0.15, 0.2) is 5.76 Å². The molecule has 3 N–H and O–H groups in total. The van der Waals surface area contributed by atoms with Gasteiger partial charge in [0.05, 0.1) is 6.26 Å². The third-order valence-corrected chi connectivity index (χ3v) is 5.96. The molecule has 3 rings (SSSR count). The minimum atomic E-state index is -1.34. The van der Waals surface area contributed by atoms with E-state index in [4.69, 9.17) is 20.8 Å². The Hall–Kier alpha value is -3.19. The standard InChI is InChI=1S/C18H19ClN4O8S/c1-29-22-11(10-3-2-6-30-10)14(24)21-12-15(25)23-13(17(26)27)9(8-32-16(12)23)7-31-18(28)20-5-4-19/h2-3,6,12,16H,4-5,7-8H2,1H3,(H,20,28)(H,21,24)(H,26,27)/b22-11-/t12-,16-/m1/s1.